The maximum Gasteiger partial charge on any atom is 0.313 e. The zero-order valence-electron chi connectivity index (χ0n) is 16.8. The highest BCUT2D eigenvalue weighted by Gasteiger charge is 2.51. The van der Waals surface area contributed by atoms with E-state index in [2.05, 4.69) is 5.32 Å². The molecule has 2 saturated heterocycles. The third-order valence-electron chi connectivity index (χ3n) is 5.61. The number of carbonyl (C=O) groups excluding carboxylic acids is 2. The molecule has 166 valence electrons. The van der Waals surface area contributed by atoms with Gasteiger partial charge in [-0.2, -0.15) is 4.31 Å². The van der Waals surface area contributed by atoms with Crippen molar-refractivity contribution in [3.8, 4) is 0 Å². The van der Waals surface area contributed by atoms with Crippen molar-refractivity contribution in [3.05, 3.63) is 46.3 Å². The van der Waals surface area contributed by atoms with E-state index in [1.54, 1.807) is 35.7 Å². The molecule has 2 fully saturated rings. The Bertz CT molecular complexity index is 1100. The zero-order valence-corrected chi connectivity index (χ0v) is 19.2. The average molecular weight is 484 g/mol. The molecular formula is C20H22ClN3O5S2. The summed E-state index contributed by atoms with van der Waals surface area (Å²) in [4.78, 5) is 26.5. The molecule has 0 saturated carbocycles. The number of carbonyl (C=O) groups is 2. The summed E-state index contributed by atoms with van der Waals surface area (Å²) in [6.45, 7) is 2.85. The Kier molecular flexibility index (Phi) is 6.10. The van der Waals surface area contributed by atoms with Crippen molar-refractivity contribution in [1.82, 2.24) is 9.21 Å². The number of thiophene rings is 1. The van der Waals surface area contributed by atoms with Crippen molar-refractivity contribution in [2.45, 2.75) is 29.7 Å². The summed E-state index contributed by atoms with van der Waals surface area (Å²) in [6, 6.07) is 8.30. The number of hydrogen-bond acceptors (Lipinski definition) is 6. The van der Waals surface area contributed by atoms with Crippen molar-refractivity contribution in [2.24, 2.45) is 0 Å². The lowest BCUT2D eigenvalue weighted by Crippen LogP contribution is -2.56. The van der Waals surface area contributed by atoms with E-state index in [1.165, 1.54) is 9.21 Å². The molecule has 1 aromatic heterocycles. The number of hydrogen-bond donors (Lipinski definition) is 1. The van der Waals surface area contributed by atoms with Crippen LogP contribution in [0.25, 0.3) is 0 Å². The van der Waals surface area contributed by atoms with Gasteiger partial charge in [-0.25, -0.2) is 8.42 Å². The fourth-order valence-electron chi connectivity index (χ4n) is 3.90. The van der Waals surface area contributed by atoms with E-state index in [0.717, 1.165) is 16.9 Å². The first-order valence-electron chi connectivity index (χ1n) is 9.80. The van der Waals surface area contributed by atoms with Crippen LogP contribution in [0.4, 0.5) is 5.69 Å². The SMILES string of the molecule is Cc1ccc(NC(=O)C(=O)N2CCC3(CC2)OCCN3S(=O)(=O)c2cccs2)cc1Cl. The van der Waals surface area contributed by atoms with Crippen molar-refractivity contribution in [2.75, 3.05) is 31.6 Å². The molecule has 2 aliphatic heterocycles. The van der Waals surface area contributed by atoms with Gasteiger partial charge in [-0.3, -0.25) is 9.59 Å². The predicted molar refractivity (Wildman–Crippen MR) is 118 cm³/mol. The quantitative estimate of drug-likeness (QED) is 0.677. The normalized spacial score (nSPS) is 19.0. The van der Waals surface area contributed by atoms with Gasteiger partial charge in [0.25, 0.3) is 10.0 Å². The molecular weight excluding hydrogens is 462 g/mol. The third-order valence-corrected chi connectivity index (χ3v) is 9.34. The van der Waals surface area contributed by atoms with Gasteiger partial charge in [-0.1, -0.05) is 23.7 Å². The van der Waals surface area contributed by atoms with E-state index < -0.39 is 27.6 Å². The molecule has 2 aliphatic rings. The number of nitrogens with one attached hydrogen (secondary N) is 1. The van der Waals surface area contributed by atoms with Gasteiger partial charge < -0.3 is 15.0 Å². The van der Waals surface area contributed by atoms with Crippen molar-refractivity contribution >= 4 is 50.5 Å². The largest absolute Gasteiger partial charge is 0.358 e. The topological polar surface area (TPSA) is 96.0 Å². The summed E-state index contributed by atoms with van der Waals surface area (Å²) < 4.78 is 33.7. The van der Waals surface area contributed by atoms with Crippen molar-refractivity contribution in [3.63, 3.8) is 0 Å². The van der Waals surface area contributed by atoms with Crippen LogP contribution in [-0.2, 0) is 24.3 Å². The summed E-state index contributed by atoms with van der Waals surface area (Å²) in [5.41, 5.74) is 0.321. The number of anilines is 1. The van der Waals surface area contributed by atoms with E-state index in [0.29, 0.717) is 30.2 Å². The monoisotopic (exact) mass is 483 g/mol. The number of benzene rings is 1. The molecule has 3 heterocycles. The van der Waals surface area contributed by atoms with E-state index >= 15 is 0 Å². The van der Waals surface area contributed by atoms with E-state index in [9.17, 15) is 18.0 Å². The number of nitrogens with zero attached hydrogens (tertiary/aromatic N) is 2. The summed E-state index contributed by atoms with van der Waals surface area (Å²) >= 11 is 7.23. The highest BCUT2D eigenvalue weighted by Crippen LogP contribution is 2.39. The number of aryl methyl sites for hydroxylation is 1. The Morgan fingerprint density at radius 1 is 1.19 bits per heavy atom. The number of ether oxygens (including phenoxy) is 1. The fourth-order valence-corrected chi connectivity index (χ4v) is 6.91. The number of rotatable bonds is 3. The second-order valence-corrected chi connectivity index (χ2v) is 11.0. The van der Waals surface area contributed by atoms with Crippen LogP contribution in [0.15, 0.2) is 39.9 Å². The number of sulfonamides is 1. The molecule has 8 nitrogen and oxygen atoms in total. The lowest BCUT2D eigenvalue weighted by molar-refractivity contribution is -0.148. The van der Waals surface area contributed by atoms with Crippen molar-refractivity contribution in [1.29, 1.82) is 0 Å². The van der Waals surface area contributed by atoms with Crippen LogP contribution >= 0.6 is 22.9 Å². The Hall–Kier alpha value is -1.98. The maximum atomic E-state index is 13.0. The molecule has 4 rings (SSSR count). The Morgan fingerprint density at radius 3 is 2.58 bits per heavy atom. The van der Waals surface area contributed by atoms with E-state index in [4.69, 9.17) is 16.3 Å². The molecule has 0 atom stereocenters. The molecule has 2 aromatic rings. The standard InChI is InChI=1S/C20H22ClN3O5S2/c1-14-4-5-15(13-16(14)21)22-18(25)19(26)23-8-6-20(7-9-23)24(10-11-29-20)31(27,28)17-3-2-12-30-17/h2-5,12-13H,6-11H2,1H3,(H,22,25). The smallest absolute Gasteiger partial charge is 0.313 e. The van der Waals surface area contributed by atoms with Gasteiger partial charge in [0.2, 0.25) is 0 Å². The molecule has 11 heteroatoms. The van der Waals surface area contributed by atoms with Gasteiger partial charge in [0.05, 0.1) is 6.61 Å². The van der Waals surface area contributed by atoms with E-state index in [1.807, 2.05) is 6.92 Å². The minimum atomic E-state index is -3.67. The molecule has 0 unspecified atom stereocenters. The van der Waals surface area contributed by atoms with Crippen LogP contribution in [0, 0.1) is 6.92 Å². The molecule has 1 N–H and O–H groups in total. The molecule has 0 aliphatic carbocycles. The lowest BCUT2D eigenvalue weighted by Gasteiger charge is -2.42. The second kappa shape index (κ2) is 8.51. The number of amides is 2. The summed E-state index contributed by atoms with van der Waals surface area (Å²) in [5.74, 6) is -1.43. The first-order valence-corrected chi connectivity index (χ1v) is 12.5. The third kappa shape index (κ3) is 4.22. The molecule has 31 heavy (non-hydrogen) atoms. The van der Waals surface area contributed by atoms with Crippen LogP contribution in [0.1, 0.15) is 18.4 Å². The van der Waals surface area contributed by atoms with Crippen LogP contribution in [-0.4, -0.2) is 61.4 Å². The van der Waals surface area contributed by atoms with Crippen LogP contribution in [0.2, 0.25) is 5.02 Å². The van der Waals surface area contributed by atoms with Crippen LogP contribution in [0.3, 0.4) is 0 Å². The zero-order chi connectivity index (χ0) is 22.2. The van der Waals surface area contributed by atoms with Crippen LogP contribution < -0.4 is 5.32 Å². The highest BCUT2D eigenvalue weighted by molar-refractivity contribution is 7.91. The van der Waals surface area contributed by atoms with Crippen LogP contribution in [0.5, 0.6) is 0 Å². The van der Waals surface area contributed by atoms with Gasteiger partial charge in [0, 0.05) is 43.2 Å². The number of halogens is 1. The van der Waals surface area contributed by atoms with Gasteiger partial charge >= 0.3 is 11.8 Å². The summed E-state index contributed by atoms with van der Waals surface area (Å²) in [7, 11) is -3.67. The maximum absolute atomic E-state index is 13.0. The van der Waals surface area contributed by atoms with Crippen molar-refractivity contribution < 1.29 is 22.7 Å². The predicted octanol–water partition coefficient (Wildman–Crippen LogP) is 2.69. The molecule has 0 radical (unpaired) electrons. The summed E-state index contributed by atoms with van der Waals surface area (Å²) in [5, 5.41) is 4.78. The number of piperidine rings is 1. The highest BCUT2D eigenvalue weighted by atomic mass is 35.5. The summed E-state index contributed by atoms with van der Waals surface area (Å²) in [6.07, 6.45) is 0.597. The average Bonchev–Trinajstić information content (AvgIpc) is 3.42. The van der Waals surface area contributed by atoms with Gasteiger partial charge in [0.1, 0.15) is 9.93 Å². The van der Waals surface area contributed by atoms with Gasteiger partial charge in [-0.15, -0.1) is 11.3 Å². The molecule has 1 spiro atoms. The van der Waals surface area contributed by atoms with Gasteiger partial charge in [0.15, 0.2) is 0 Å². The Labute approximate surface area is 189 Å². The first kappa shape index (κ1) is 22.2. The minimum absolute atomic E-state index is 0.220. The lowest BCUT2D eigenvalue weighted by atomic mass is 10.0. The minimum Gasteiger partial charge on any atom is -0.358 e. The Balaban J connectivity index is 1.42. The first-order chi connectivity index (χ1) is 14.7. The van der Waals surface area contributed by atoms with Gasteiger partial charge in [-0.05, 0) is 36.1 Å². The molecule has 0 bridgehead atoms. The number of likely N-dealkylation sites (tertiary alicyclic amines) is 1. The Morgan fingerprint density at radius 2 is 1.94 bits per heavy atom. The molecule has 2 amide bonds. The fraction of sp³-hybridized carbons (Fsp3) is 0.400. The molecule has 1 aromatic carbocycles. The van der Waals surface area contributed by atoms with E-state index in [-0.39, 0.29) is 23.8 Å². The second-order valence-electron chi connectivity index (χ2n) is 7.51.